The molecule has 0 saturated heterocycles. The zero-order valence-electron chi connectivity index (χ0n) is 6.03. The summed E-state index contributed by atoms with van der Waals surface area (Å²) in [5.74, 6) is -1.67. The summed E-state index contributed by atoms with van der Waals surface area (Å²) in [5.41, 5.74) is 0. The Kier molecular flexibility index (Phi) is 65.4. The van der Waals surface area contributed by atoms with Crippen molar-refractivity contribution in [3.05, 3.63) is 0 Å². The largest absolute Gasteiger partial charge is 0.481 e. The van der Waals surface area contributed by atoms with E-state index in [0.29, 0.717) is 0 Å². The molecule has 0 atom stereocenters. The van der Waals surface area contributed by atoms with E-state index in [-0.39, 0.29) is 27.4 Å². The fourth-order valence-electron chi connectivity index (χ4n) is 0. The maximum Gasteiger partial charge on any atom is 0.300 e. The Bertz CT molecular complexity index is 72.6. The van der Waals surface area contributed by atoms with Gasteiger partial charge in [-0.2, -0.15) is 0 Å². The van der Waals surface area contributed by atoms with Crippen molar-refractivity contribution in [1.29, 1.82) is 0 Å². The number of hydrogen-bond donors (Lipinski definition) is 2. The first-order chi connectivity index (χ1) is 3.46. The molecule has 7 heteroatoms. The molecule has 0 aromatic rings. The molecule has 0 radical (unpaired) electrons. The van der Waals surface area contributed by atoms with Gasteiger partial charge in [0.15, 0.2) is 0 Å². The van der Waals surface area contributed by atoms with Gasteiger partial charge in [-0.05, 0) is 0 Å². The molecular weight excluding hydrogens is 203 g/mol. The molecule has 0 bridgehead atoms. The zero-order chi connectivity index (χ0) is 7.15. The third-order valence-corrected chi connectivity index (χ3v) is 0. The average Bonchev–Trinajstić information content (AvgIpc) is 1.25. The van der Waals surface area contributed by atoms with Crippen LogP contribution in [0.2, 0.25) is 0 Å². The minimum absolute atomic E-state index is 0. The third kappa shape index (κ3) is 1210. The molecule has 0 heterocycles. The van der Waals surface area contributed by atoms with Gasteiger partial charge in [-0.15, -0.1) is 0 Å². The molecular formula is C4H12NiO6. The second-order valence-corrected chi connectivity index (χ2v) is 1.04. The van der Waals surface area contributed by atoms with Crippen LogP contribution in [0.3, 0.4) is 0 Å². The van der Waals surface area contributed by atoms with Gasteiger partial charge in [0, 0.05) is 30.3 Å². The average molecular weight is 215 g/mol. The van der Waals surface area contributed by atoms with Crippen LogP contribution >= 0.6 is 0 Å². The Morgan fingerprint density at radius 3 is 0.909 bits per heavy atom. The zero-order valence-corrected chi connectivity index (χ0v) is 7.01. The number of carboxylic acids is 2. The van der Waals surface area contributed by atoms with Crippen molar-refractivity contribution in [2.24, 2.45) is 0 Å². The van der Waals surface area contributed by atoms with Gasteiger partial charge in [0.25, 0.3) is 11.9 Å². The van der Waals surface area contributed by atoms with Gasteiger partial charge in [0.1, 0.15) is 0 Å². The first-order valence-corrected chi connectivity index (χ1v) is 1.86. The van der Waals surface area contributed by atoms with Crippen LogP contribution in [0.4, 0.5) is 0 Å². The van der Waals surface area contributed by atoms with Crippen LogP contribution in [-0.4, -0.2) is 33.1 Å². The predicted molar refractivity (Wildman–Crippen MR) is 33.8 cm³/mol. The summed E-state index contributed by atoms with van der Waals surface area (Å²) in [7, 11) is 0. The molecule has 11 heavy (non-hydrogen) atoms. The standard InChI is InChI=1S/2C2H4O2.Ni.2H2O/c2*1-2(3)4;;;/h2*1H3,(H,3,4);;2*1H2. The molecule has 0 aliphatic carbocycles. The first-order valence-electron chi connectivity index (χ1n) is 1.86. The third-order valence-electron chi connectivity index (χ3n) is 0. The van der Waals surface area contributed by atoms with Crippen molar-refractivity contribution in [1.82, 2.24) is 0 Å². The normalized spacial score (nSPS) is 4.55. The Morgan fingerprint density at radius 1 is 0.909 bits per heavy atom. The van der Waals surface area contributed by atoms with Gasteiger partial charge >= 0.3 is 0 Å². The number of hydrogen-bond acceptors (Lipinski definition) is 2. The van der Waals surface area contributed by atoms with E-state index in [9.17, 15) is 0 Å². The van der Waals surface area contributed by atoms with Crippen molar-refractivity contribution in [2.45, 2.75) is 13.8 Å². The van der Waals surface area contributed by atoms with Crippen molar-refractivity contribution in [3.63, 3.8) is 0 Å². The van der Waals surface area contributed by atoms with Gasteiger partial charge in [0.05, 0.1) is 0 Å². The summed E-state index contributed by atoms with van der Waals surface area (Å²) < 4.78 is 0. The van der Waals surface area contributed by atoms with E-state index in [2.05, 4.69) is 0 Å². The van der Waals surface area contributed by atoms with Crippen LogP contribution in [0.5, 0.6) is 0 Å². The molecule has 0 aromatic heterocycles. The molecule has 6 N–H and O–H groups in total. The summed E-state index contributed by atoms with van der Waals surface area (Å²) in [5, 5.41) is 14.8. The van der Waals surface area contributed by atoms with Crippen molar-refractivity contribution >= 4 is 11.9 Å². The monoisotopic (exact) mass is 214 g/mol. The van der Waals surface area contributed by atoms with E-state index < -0.39 is 11.9 Å². The molecule has 0 spiro atoms. The molecule has 0 unspecified atom stereocenters. The fraction of sp³-hybridized carbons (Fsp3) is 0.500. The number of carboxylic acid groups (broad SMARTS) is 2. The Balaban J connectivity index is -0.0000000171. The van der Waals surface area contributed by atoms with E-state index in [4.69, 9.17) is 19.8 Å². The fourth-order valence-corrected chi connectivity index (χ4v) is 0. The number of aliphatic carboxylic acids is 2. The van der Waals surface area contributed by atoms with Gasteiger partial charge in [-0.1, -0.05) is 0 Å². The van der Waals surface area contributed by atoms with Crippen LogP contribution in [0, 0.1) is 0 Å². The first kappa shape index (κ1) is 31.6. The molecule has 0 aliphatic heterocycles. The molecule has 0 fully saturated rings. The maximum absolute atomic E-state index is 9.00. The summed E-state index contributed by atoms with van der Waals surface area (Å²) in [6.07, 6.45) is 0. The molecule has 0 aliphatic rings. The Labute approximate surface area is 73.8 Å². The van der Waals surface area contributed by atoms with Crippen molar-refractivity contribution in [2.75, 3.05) is 0 Å². The van der Waals surface area contributed by atoms with Gasteiger partial charge in [-0.25, -0.2) is 0 Å². The minimum atomic E-state index is -0.833. The minimum Gasteiger partial charge on any atom is -0.481 e. The number of rotatable bonds is 0. The van der Waals surface area contributed by atoms with Crippen LogP contribution in [-0.2, 0) is 26.1 Å². The predicted octanol–water partition coefficient (Wildman–Crippen LogP) is -1.47. The van der Waals surface area contributed by atoms with E-state index >= 15 is 0 Å². The Hall–Kier alpha value is -0.646. The maximum atomic E-state index is 9.00. The molecule has 74 valence electrons. The molecule has 6 nitrogen and oxygen atoms in total. The van der Waals surface area contributed by atoms with Crippen LogP contribution in [0.25, 0.3) is 0 Å². The van der Waals surface area contributed by atoms with Crippen LogP contribution in [0.1, 0.15) is 13.8 Å². The number of carbonyl (C=O) groups is 2. The molecule has 0 saturated carbocycles. The smallest absolute Gasteiger partial charge is 0.300 e. The quantitative estimate of drug-likeness (QED) is 0.476. The van der Waals surface area contributed by atoms with E-state index in [0.717, 1.165) is 13.8 Å². The molecule has 0 rings (SSSR count). The topological polar surface area (TPSA) is 138 Å². The van der Waals surface area contributed by atoms with Crippen molar-refractivity contribution < 1.29 is 47.2 Å². The van der Waals surface area contributed by atoms with Gasteiger partial charge in [-0.3, -0.25) is 9.59 Å². The van der Waals surface area contributed by atoms with E-state index in [1.54, 1.807) is 0 Å². The van der Waals surface area contributed by atoms with E-state index in [1.165, 1.54) is 0 Å². The molecule has 0 aromatic carbocycles. The Morgan fingerprint density at radius 2 is 0.909 bits per heavy atom. The van der Waals surface area contributed by atoms with Crippen LogP contribution in [0.15, 0.2) is 0 Å². The summed E-state index contributed by atoms with van der Waals surface area (Å²) >= 11 is 0. The van der Waals surface area contributed by atoms with Crippen LogP contribution < -0.4 is 0 Å². The van der Waals surface area contributed by atoms with E-state index in [1.807, 2.05) is 0 Å². The summed E-state index contributed by atoms with van der Waals surface area (Å²) in [6, 6.07) is 0. The second kappa shape index (κ2) is 22.8. The van der Waals surface area contributed by atoms with Gasteiger partial charge in [0.2, 0.25) is 0 Å². The van der Waals surface area contributed by atoms with Crippen molar-refractivity contribution in [3.8, 4) is 0 Å². The van der Waals surface area contributed by atoms with Gasteiger partial charge < -0.3 is 21.2 Å². The SMILES string of the molecule is CC(=O)O.CC(=O)O.O.O.[Ni]. The molecule has 0 amide bonds. The summed E-state index contributed by atoms with van der Waals surface area (Å²) in [4.78, 5) is 18.0. The summed E-state index contributed by atoms with van der Waals surface area (Å²) in [6.45, 7) is 2.17. The second-order valence-electron chi connectivity index (χ2n) is 1.04.